The molecule has 0 aliphatic heterocycles. The summed E-state index contributed by atoms with van der Waals surface area (Å²) in [6.45, 7) is 3.82. The van der Waals surface area contributed by atoms with Crippen molar-refractivity contribution < 1.29 is 9.53 Å². The molecule has 0 aromatic heterocycles. The van der Waals surface area contributed by atoms with Gasteiger partial charge in [-0.05, 0) is 34.5 Å². The van der Waals surface area contributed by atoms with Gasteiger partial charge in [-0.1, -0.05) is 26.0 Å². The zero-order valence-electron chi connectivity index (χ0n) is 8.29. The van der Waals surface area contributed by atoms with E-state index in [2.05, 4.69) is 15.9 Å². The molecule has 3 heteroatoms. The van der Waals surface area contributed by atoms with E-state index in [0.29, 0.717) is 5.75 Å². The number of ether oxygens (including phenoxy) is 1. The largest absolute Gasteiger partial charge is 0.425 e. The summed E-state index contributed by atoms with van der Waals surface area (Å²) in [6, 6.07) is 7.33. The Labute approximate surface area is 92.4 Å². The van der Waals surface area contributed by atoms with Crippen LogP contribution in [0.4, 0.5) is 0 Å². The van der Waals surface area contributed by atoms with Crippen LogP contribution in [-0.4, -0.2) is 5.97 Å². The lowest BCUT2D eigenvalue weighted by molar-refractivity contribution is -0.138. The first kappa shape index (κ1) is 11.2. The predicted molar refractivity (Wildman–Crippen MR) is 59.2 cm³/mol. The minimum atomic E-state index is -0.181. The Morgan fingerprint density at radius 3 is 2.71 bits per heavy atom. The molecule has 0 heterocycles. The number of halogens is 1. The Kier molecular flexibility index (Phi) is 4.14. The molecule has 14 heavy (non-hydrogen) atoms. The smallest absolute Gasteiger partial charge is 0.314 e. The van der Waals surface area contributed by atoms with E-state index in [-0.39, 0.29) is 11.9 Å². The molecular formula is C11H13BrO2. The van der Waals surface area contributed by atoms with Crippen LogP contribution < -0.4 is 4.74 Å². The number of rotatable bonds is 3. The van der Waals surface area contributed by atoms with Crippen LogP contribution in [-0.2, 0) is 4.79 Å². The summed E-state index contributed by atoms with van der Waals surface area (Å²) in [7, 11) is 0. The summed E-state index contributed by atoms with van der Waals surface area (Å²) in [5.74, 6) is 0.347. The number of benzene rings is 1. The predicted octanol–water partition coefficient (Wildman–Crippen LogP) is 3.40. The molecule has 0 bridgehead atoms. The summed E-state index contributed by atoms with van der Waals surface area (Å²) in [5, 5.41) is 0. The molecule has 1 aromatic rings. The van der Waals surface area contributed by atoms with Gasteiger partial charge < -0.3 is 4.74 Å². The van der Waals surface area contributed by atoms with E-state index in [1.165, 1.54) is 0 Å². The summed E-state index contributed by atoms with van der Waals surface area (Å²) in [5.41, 5.74) is 0. The van der Waals surface area contributed by atoms with E-state index < -0.39 is 0 Å². The van der Waals surface area contributed by atoms with E-state index >= 15 is 0 Å². The fraction of sp³-hybridized carbons (Fsp3) is 0.364. The van der Waals surface area contributed by atoms with Gasteiger partial charge in [0.2, 0.25) is 0 Å². The van der Waals surface area contributed by atoms with E-state index in [4.69, 9.17) is 4.74 Å². The number of carbonyl (C=O) groups excluding carboxylic acids is 1. The van der Waals surface area contributed by atoms with Gasteiger partial charge in [-0.3, -0.25) is 4.79 Å². The SMILES string of the molecule is CCC(C)C(=O)Oc1ccccc1Br. The van der Waals surface area contributed by atoms with E-state index in [1.807, 2.05) is 32.0 Å². The Morgan fingerprint density at radius 2 is 2.14 bits per heavy atom. The van der Waals surface area contributed by atoms with E-state index in [9.17, 15) is 4.79 Å². The molecule has 1 aromatic carbocycles. The maximum absolute atomic E-state index is 11.5. The summed E-state index contributed by atoms with van der Waals surface area (Å²) < 4.78 is 6.01. The highest BCUT2D eigenvalue weighted by Crippen LogP contribution is 2.24. The molecule has 0 N–H and O–H groups in total. The first-order chi connectivity index (χ1) is 6.65. The van der Waals surface area contributed by atoms with Crippen LogP contribution in [0.15, 0.2) is 28.7 Å². The van der Waals surface area contributed by atoms with Crippen molar-refractivity contribution in [3.05, 3.63) is 28.7 Å². The lowest BCUT2D eigenvalue weighted by atomic mass is 10.1. The average molecular weight is 257 g/mol. The third-order valence-corrected chi connectivity index (χ3v) is 2.72. The Bertz CT molecular complexity index is 323. The molecule has 1 rings (SSSR count). The molecule has 76 valence electrons. The van der Waals surface area contributed by atoms with Crippen molar-refractivity contribution in [1.29, 1.82) is 0 Å². The molecular weight excluding hydrogens is 244 g/mol. The van der Waals surface area contributed by atoms with Crippen LogP contribution in [0.2, 0.25) is 0 Å². The van der Waals surface area contributed by atoms with E-state index in [0.717, 1.165) is 10.9 Å². The standard InChI is InChI=1S/C11H13BrO2/c1-3-8(2)11(13)14-10-7-5-4-6-9(10)12/h4-8H,3H2,1-2H3. The topological polar surface area (TPSA) is 26.3 Å². The quantitative estimate of drug-likeness (QED) is 0.612. The fourth-order valence-electron chi connectivity index (χ4n) is 0.903. The van der Waals surface area contributed by atoms with Gasteiger partial charge in [0, 0.05) is 0 Å². The molecule has 1 atom stereocenters. The van der Waals surface area contributed by atoms with E-state index in [1.54, 1.807) is 6.07 Å². The van der Waals surface area contributed by atoms with Gasteiger partial charge in [-0.15, -0.1) is 0 Å². The molecule has 0 aliphatic rings. The van der Waals surface area contributed by atoms with Crippen molar-refractivity contribution in [1.82, 2.24) is 0 Å². The van der Waals surface area contributed by atoms with Crippen molar-refractivity contribution in [2.45, 2.75) is 20.3 Å². The van der Waals surface area contributed by atoms with Gasteiger partial charge in [0.25, 0.3) is 0 Å². The van der Waals surface area contributed by atoms with Crippen LogP contribution in [0.1, 0.15) is 20.3 Å². The number of carbonyl (C=O) groups is 1. The van der Waals surface area contributed by atoms with Crippen molar-refractivity contribution in [2.75, 3.05) is 0 Å². The maximum Gasteiger partial charge on any atom is 0.314 e. The second kappa shape index (κ2) is 5.15. The molecule has 0 radical (unpaired) electrons. The van der Waals surface area contributed by atoms with Crippen LogP contribution in [0.5, 0.6) is 5.75 Å². The second-order valence-electron chi connectivity index (χ2n) is 3.16. The molecule has 0 spiro atoms. The van der Waals surface area contributed by atoms with Crippen LogP contribution in [0.25, 0.3) is 0 Å². The van der Waals surface area contributed by atoms with Crippen molar-refractivity contribution in [3.8, 4) is 5.75 Å². The van der Waals surface area contributed by atoms with Crippen LogP contribution in [0.3, 0.4) is 0 Å². The third kappa shape index (κ3) is 2.84. The Hall–Kier alpha value is -0.830. The monoisotopic (exact) mass is 256 g/mol. The van der Waals surface area contributed by atoms with Gasteiger partial charge in [-0.25, -0.2) is 0 Å². The van der Waals surface area contributed by atoms with Gasteiger partial charge >= 0.3 is 5.97 Å². The highest BCUT2D eigenvalue weighted by Gasteiger charge is 2.13. The second-order valence-corrected chi connectivity index (χ2v) is 4.02. The zero-order chi connectivity index (χ0) is 10.6. The fourth-order valence-corrected chi connectivity index (χ4v) is 1.27. The highest BCUT2D eigenvalue weighted by molar-refractivity contribution is 9.10. The minimum Gasteiger partial charge on any atom is -0.425 e. The van der Waals surface area contributed by atoms with Crippen LogP contribution in [0, 0.1) is 5.92 Å². The molecule has 2 nitrogen and oxygen atoms in total. The minimum absolute atomic E-state index is 0.0536. The van der Waals surface area contributed by atoms with Crippen molar-refractivity contribution in [2.24, 2.45) is 5.92 Å². The molecule has 0 amide bonds. The van der Waals surface area contributed by atoms with Crippen LogP contribution >= 0.6 is 15.9 Å². The number of para-hydroxylation sites is 1. The maximum atomic E-state index is 11.5. The molecule has 0 saturated carbocycles. The molecule has 0 saturated heterocycles. The molecule has 0 fully saturated rings. The summed E-state index contributed by atoms with van der Waals surface area (Å²) in [6.07, 6.45) is 0.795. The van der Waals surface area contributed by atoms with Gasteiger partial charge in [0.05, 0.1) is 10.4 Å². The summed E-state index contributed by atoms with van der Waals surface area (Å²) >= 11 is 3.32. The van der Waals surface area contributed by atoms with Crippen molar-refractivity contribution in [3.63, 3.8) is 0 Å². The van der Waals surface area contributed by atoms with Gasteiger partial charge in [0.15, 0.2) is 0 Å². The summed E-state index contributed by atoms with van der Waals surface area (Å²) in [4.78, 5) is 11.5. The number of esters is 1. The Morgan fingerprint density at radius 1 is 1.50 bits per heavy atom. The molecule has 1 unspecified atom stereocenters. The first-order valence-electron chi connectivity index (χ1n) is 4.61. The Balaban J connectivity index is 2.70. The van der Waals surface area contributed by atoms with Gasteiger partial charge in [0.1, 0.15) is 5.75 Å². The number of hydrogen-bond acceptors (Lipinski definition) is 2. The lowest BCUT2D eigenvalue weighted by Gasteiger charge is -2.09. The highest BCUT2D eigenvalue weighted by atomic mass is 79.9. The number of hydrogen-bond donors (Lipinski definition) is 0. The average Bonchev–Trinajstić information content (AvgIpc) is 2.20. The lowest BCUT2D eigenvalue weighted by Crippen LogP contribution is -2.17. The van der Waals surface area contributed by atoms with Gasteiger partial charge in [-0.2, -0.15) is 0 Å². The third-order valence-electron chi connectivity index (χ3n) is 2.06. The molecule has 0 aliphatic carbocycles. The van der Waals surface area contributed by atoms with Crippen molar-refractivity contribution >= 4 is 21.9 Å². The first-order valence-corrected chi connectivity index (χ1v) is 5.40. The normalized spacial score (nSPS) is 12.2. The zero-order valence-corrected chi connectivity index (χ0v) is 9.87.